The average molecular weight is 387 g/mol. The Kier molecular flexibility index (Phi) is 6.24. The maximum absolute atomic E-state index is 13.0. The third kappa shape index (κ3) is 5.82. The molecule has 4 nitrogen and oxygen atoms in total. The number of rotatable bonds is 5. The quantitative estimate of drug-likeness (QED) is 0.789. The molecular weight excluding hydrogens is 362 g/mol. The van der Waals surface area contributed by atoms with Crippen LogP contribution in [0.4, 0.5) is 23.2 Å². The third-order valence-electron chi connectivity index (χ3n) is 5.40. The minimum atomic E-state index is -4.19. The van der Waals surface area contributed by atoms with Gasteiger partial charge >= 0.3 is 6.18 Å². The summed E-state index contributed by atoms with van der Waals surface area (Å²) >= 11 is 0. The number of anilines is 1. The van der Waals surface area contributed by atoms with Crippen LogP contribution < -0.4 is 10.2 Å². The van der Waals surface area contributed by atoms with Crippen molar-refractivity contribution in [2.75, 3.05) is 44.2 Å². The lowest BCUT2D eigenvalue weighted by molar-refractivity contribution is -0.149. The van der Waals surface area contributed by atoms with Gasteiger partial charge in [0.2, 0.25) is 5.91 Å². The Bertz CT molecular complexity index is 627. The van der Waals surface area contributed by atoms with E-state index in [-0.39, 0.29) is 17.6 Å². The highest BCUT2D eigenvalue weighted by Crippen LogP contribution is 2.25. The van der Waals surface area contributed by atoms with Gasteiger partial charge < -0.3 is 10.2 Å². The molecule has 2 aliphatic rings. The number of hydrogen-bond donors (Lipinski definition) is 1. The molecule has 1 unspecified atom stereocenters. The Balaban J connectivity index is 1.38. The molecule has 1 atom stereocenters. The number of hydrogen-bond acceptors (Lipinski definition) is 3. The van der Waals surface area contributed by atoms with E-state index in [1.54, 1.807) is 12.1 Å². The van der Waals surface area contributed by atoms with Crippen LogP contribution in [-0.4, -0.2) is 56.3 Å². The van der Waals surface area contributed by atoms with Crippen molar-refractivity contribution in [3.05, 3.63) is 30.1 Å². The van der Waals surface area contributed by atoms with Gasteiger partial charge in [-0.3, -0.25) is 9.69 Å². The first-order valence-corrected chi connectivity index (χ1v) is 9.37. The van der Waals surface area contributed by atoms with Crippen molar-refractivity contribution in [2.45, 2.75) is 25.4 Å². The molecule has 27 heavy (non-hydrogen) atoms. The number of nitrogens with one attached hydrogen (secondary N) is 1. The maximum atomic E-state index is 13.0. The highest BCUT2D eigenvalue weighted by Gasteiger charge is 2.34. The molecule has 1 N–H and O–H groups in total. The van der Waals surface area contributed by atoms with Crippen LogP contribution in [-0.2, 0) is 4.79 Å². The van der Waals surface area contributed by atoms with Crippen LogP contribution in [0.15, 0.2) is 24.3 Å². The molecule has 2 fully saturated rings. The summed E-state index contributed by atoms with van der Waals surface area (Å²) in [5.41, 5.74) is 0.974. The first kappa shape index (κ1) is 19.9. The second-order valence-corrected chi connectivity index (χ2v) is 7.49. The van der Waals surface area contributed by atoms with Gasteiger partial charge in [0.15, 0.2) is 0 Å². The summed E-state index contributed by atoms with van der Waals surface area (Å²) in [6.45, 7) is 1.94. The molecule has 150 valence electrons. The molecule has 0 spiro atoms. The topological polar surface area (TPSA) is 35.6 Å². The third-order valence-corrected chi connectivity index (χ3v) is 5.40. The zero-order chi connectivity index (χ0) is 19.4. The summed E-state index contributed by atoms with van der Waals surface area (Å²) in [6, 6.07) is 6.39. The highest BCUT2D eigenvalue weighted by atomic mass is 19.4. The molecule has 0 bridgehead atoms. The van der Waals surface area contributed by atoms with Crippen LogP contribution in [0.2, 0.25) is 0 Å². The lowest BCUT2D eigenvalue weighted by atomic mass is 9.95. The van der Waals surface area contributed by atoms with Gasteiger partial charge in [0, 0.05) is 31.2 Å². The Labute approximate surface area is 156 Å². The number of carbonyl (C=O) groups excluding carboxylic acids is 1. The Morgan fingerprint density at radius 1 is 1.07 bits per heavy atom. The average Bonchev–Trinajstić information content (AvgIpc) is 3.08. The predicted molar refractivity (Wildman–Crippen MR) is 94.9 cm³/mol. The lowest BCUT2D eigenvalue weighted by Crippen LogP contribution is -2.44. The zero-order valence-corrected chi connectivity index (χ0v) is 15.1. The normalized spacial score (nSPS) is 22.2. The van der Waals surface area contributed by atoms with E-state index >= 15 is 0 Å². The summed E-state index contributed by atoms with van der Waals surface area (Å²) in [7, 11) is 0. The van der Waals surface area contributed by atoms with Crippen molar-refractivity contribution >= 4 is 11.6 Å². The van der Waals surface area contributed by atoms with Gasteiger partial charge in [-0.05, 0) is 62.5 Å². The van der Waals surface area contributed by atoms with Crippen molar-refractivity contribution < 1.29 is 22.4 Å². The predicted octanol–water partition coefficient (Wildman–Crippen LogP) is 3.04. The van der Waals surface area contributed by atoms with E-state index in [0.717, 1.165) is 25.2 Å². The number of amides is 1. The summed E-state index contributed by atoms with van der Waals surface area (Å²) in [5.74, 6) is -0.196. The molecule has 0 aliphatic carbocycles. The molecular formula is C19H25F4N3O. The van der Waals surface area contributed by atoms with E-state index in [2.05, 4.69) is 10.2 Å². The first-order chi connectivity index (χ1) is 12.8. The minimum absolute atomic E-state index is 0.0538. The van der Waals surface area contributed by atoms with Crippen molar-refractivity contribution in [3.63, 3.8) is 0 Å². The molecule has 2 heterocycles. The summed E-state index contributed by atoms with van der Waals surface area (Å²) in [6.07, 6.45) is -2.31. The molecule has 1 aromatic rings. The molecule has 8 heteroatoms. The number of benzene rings is 1. The molecule has 0 saturated carbocycles. The monoisotopic (exact) mass is 387 g/mol. The number of likely N-dealkylation sites (tertiary alicyclic amines) is 1. The highest BCUT2D eigenvalue weighted by molar-refractivity contribution is 5.78. The second kappa shape index (κ2) is 8.46. The molecule has 0 aromatic heterocycles. The van der Waals surface area contributed by atoms with Gasteiger partial charge in [0.25, 0.3) is 0 Å². The van der Waals surface area contributed by atoms with E-state index in [4.69, 9.17) is 0 Å². The van der Waals surface area contributed by atoms with E-state index in [0.29, 0.717) is 38.4 Å². The standard InChI is InChI=1S/C19H25F4N3O/c20-16-1-3-17(4-2-16)26-10-5-14(12-26)11-24-18(27)15-6-8-25(9-7-15)13-19(21,22)23/h1-4,14-15H,5-13H2,(H,24,27). The van der Waals surface area contributed by atoms with Crippen LogP contribution in [0.3, 0.4) is 0 Å². The van der Waals surface area contributed by atoms with Gasteiger partial charge in [-0.25, -0.2) is 4.39 Å². The Morgan fingerprint density at radius 2 is 1.74 bits per heavy atom. The number of piperidine rings is 1. The van der Waals surface area contributed by atoms with Crippen LogP contribution in [0.1, 0.15) is 19.3 Å². The number of nitrogens with zero attached hydrogens (tertiary/aromatic N) is 2. The molecule has 3 rings (SSSR count). The summed E-state index contributed by atoms with van der Waals surface area (Å²) in [4.78, 5) is 15.9. The van der Waals surface area contributed by atoms with Gasteiger partial charge in [-0.1, -0.05) is 0 Å². The van der Waals surface area contributed by atoms with Crippen LogP contribution in [0.5, 0.6) is 0 Å². The van der Waals surface area contributed by atoms with Crippen molar-refractivity contribution in [1.29, 1.82) is 0 Å². The summed E-state index contributed by atoms with van der Waals surface area (Å²) in [5, 5.41) is 2.97. The van der Waals surface area contributed by atoms with E-state index in [1.807, 2.05) is 0 Å². The molecule has 1 aromatic carbocycles. The van der Waals surface area contributed by atoms with Gasteiger partial charge in [-0.2, -0.15) is 13.2 Å². The van der Waals surface area contributed by atoms with Crippen LogP contribution in [0, 0.1) is 17.7 Å². The molecule has 0 radical (unpaired) electrons. The SMILES string of the molecule is O=C(NCC1CCN(c2ccc(F)cc2)C1)C1CCN(CC(F)(F)F)CC1. The maximum Gasteiger partial charge on any atom is 0.401 e. The Hall–Kier alpha value is -1.83. The number of alkyl halides is 3. The number of carbonyl (C=O) groups is 1. The van der Waals surface area contributed by atoms with Crippen molar-refractivity contribution in [2.24, 2.45) is 11.8 Å². The smallest absolute Gasteiger partial charge is 0.371 e. The molecule has 2 aliphatic heterocycles. The van der Waals surface area contributed by atoms with Crippen LogP contribution in [0.25, 0.3) is 0 Å². The Morgan fingerprint density at radius 3 is 2.37 bits per heavy atom. The molecule has 1 amide bonds. The van der Waals surface area contributed by atoms with E-state index in [1.165, 1.54) is 17.0 Å². The van der Waals surface area contributed by atoms with E-state index in [9.17, 15) is 22.4 Å². The van der Waals surface area contributed by atoms with Gasteiger partial charge in [0.1, 0.15) is 5.82 Å². The van der Waals surface area contributed by atoms with Crippen LogP contribution >= 0.6 is 0 Å². The largest absolute Gasteiger partial charge is 0.401 e. The lowest BCUT2D eigenvalue weighted by Gasteiger charge is -2.31. The van der Waals surface area contributed by atoms with Crippen molar-refractivity contribution in [1.82, 2.24) is 10.2 Å². The number of halogens is 4. The summed E-state index contributed by atoms with van der Waals surface area (Å²) < 4.78 is 50.3. The fourth-order valence-corrected chi connectivity index (χ4v) is 3.88. The van der Waals surface area contributed by atoms with Gasteiger partial charge in [0.05, 0.1) is 6.54 Å². The fraction of sp³-hybridized carbons (Fsp3) is 0.632. The fourth-order valence-electron chi connectivity index (χ4n) is 3.88. The molecule has 2 saturated heterocycles. The second-order valence-electron chi connectivity index (χ2n) is 7.49. The minimum Gasteiger partial charge on any atom is -0.371 e. The van der Waals surface area contributed by atoms with Crippen molar-refractivity contribution in [3.8, 4) is 0 Å². The van der Waals surface area contributed by atoms with E-state index < -0.39 is 12.7 Å². The van der Waals surface area contributed by atoms with Gasteiger partial charge in [-0.15, -0.1) is 0 Å². The first-order valence-electron chi connectivity index (χ1n) is 9.37. The zero-order valence-electron chi connectivity index (χ0n) is 15.1.